The van der Waals surface area contributed by atoms with Crippen LogP contribution in [0.3, 0.4) is 0 Å². The van der Waals surface area contributed by atoms with Crippen molar-refractivity contribution < 1.29 is 22.7 Å². The van der Waals surface area contributed by atoms with Crippen LogP contribution < -0.4 is 4.74 Å². The van der Waals surface area contributed by atoms with Gasteiger partial charge in [-0.2, -0.15) is 8.78 Å². The SMILES string of the molecule is O=C(Cc1ccc(OC(F)F)cc1)N(Cc1ccccc1F)C1CC1. The number of carbonyl (C=O) groups is 1. The monoisotopic (exact) mass is 349 g/mol. The smallest absolute Gasteiger partial charge is 0.387 e. The number of benzene rings is 2. The van der Waals surface area contributed by atoms with Gasteiger partial charge in [0.1, 0.15) is 11.6 Å². The van der Waals surface area contributed by atoms with E-state index in [-0.39, 0.29) is 36.5 Å². The van der Waals surface area contributed by atoms with Crippen LogP contribution in [0.1, 0.15) is 24.0 Å². The van der Waals surface area contributed by atoms with Crippen LogP contribution in [0.15, 0.2) is 48.5 Å². The number of halogens is 3. The van der Waals surface area contributed by atoms with Gasteiger partial charge in [0.05, 0.1) is 6.42 Å². The summed E-state index contributed by atoms with van der Waals surface area (Å²) in [5.41, 5.74) is 1.19. The Hall–Kier alpha value is -2.50. The molecule has 6 heteroatoms. The fraction of sp³-hybridized carbons (Fsp3) is 0.316. The number of alkyl halides is 2. The third-order valence-electron chi connectivity index (χ3n) is 4.11. The van der Waals surface area contributed by atoms with Crippen molar-refractivity contribution in [3.8, 4) is 5.75 Å². The van der Waals surface area contributed by atoms with E-state index < -0.39 is 6.61 Å². The zero-order chi connectivity index (χ0) is 17.8. The van der Waals surface area contributed by atoms with E-state index >= 15 is 0 Å². The summed E-state index contributed by atoms with van der Waals surface area (Å²) >= 11 is 0. The fourth-order valence-electron chi connectivity index (χ4n) is 2.68. The molecule has 2 aromatic rings. The maximum Gasteiger partial charge on any atom is 0.387 e. The normalized spacial score (nSPS) is 13.8. The summed E-state index contributed by atoms with van der Waals surface area (Å²) in [4.78, 5) is 14.3. The Bertz CT molecular complexity index is 730. The highest BCUT2D eigenvalue weighted by Gasteiger charge is 2.32. The predicted octanol–water partition coefficient (Wildman–Crippen LogP) is 4.16. The molecule has 0 heterocycles. The summed E-state index contributed by atoms with van der Waals surface area (Å²) in [6.07, 6.45) is 1.97. The standard InChI is InChI=1S/C19H18F3NO2/c20-17-4-2-1-3-14(17)12-23(15-7-8-15)18(24)11-13-5-9-16(10-6-13)25-19(21)22/h1-6,9-10,15,19H,7-8,11-12H2. The van der Waals surface area contributed by atoms with Gasteiger partial charge in [-0.3, -0.25) is 4.79 Å². The van der Waals surface area contributed by atoms with Gasteiger partial charge in [0.2, 0.25) is 5.91 Å². The molecule has 0 atom stereocenters. The number of nitrogens with zero attached hydrogens (tertiary/aromatic N) is 1. The first kappa shape index (κ1) is 17.3. The molecule has 1 saturated carbocycles. The minimum atomic E-state index is -2.88. The molecular formula is C19H18F3NO2. The molecule has 1 aliphatic carbocycles. The van der Waals surface area contributed by atoms with Crippen molar-refractivity contribution in [2.45, 2.75) is 38.5 Å². The van der Waals surface area contributed by atoms with Gasteiger partial charge in [0.15, 0.2) is 0 Å². The highest BCUT2D eigenvalue weighted by atomic mass is 19.3. The molecule has 1 amide bonds. The van der Waals surface area contributed by atoms with E-state index in [0.29, 0.717) is 11.1 Å². The predicted molar refractivity (Wildman–Crippen MR) is 86.8 cm³/mol. The molecule has 0 aromatic heterocycles. The number of rotatable bonds is 7. The lowest BCUT2D eigenvalue weighted by Crippen LogP contribution is -2.34. The number of amides is 1. The van der Waals surface area contributed by atoms with Gasteiger partial charge in [-0.25, -0.2) is 4.39 Å². The van der Waals surface area contributed by atoms with Gasteiger partial charge in [0.25, 0.3) is 0 Å². The van der Waals surface area contributed by atoms with Crippen molar-refractivity contribution in [2.24, 2.45) is 0 Å². The summed E-state index contributed by atoms with van der Waals surface area (Å²) in [5, 5.41) is 0. The number of carbonyl (C=O) groups excluding carboxylic acids is 1. The van der Waals surface area contributed by atoms with Crippen LogP contribution in [0.2, 0.25) is 0 Å². The van der Waals surface area contributed by atoms with Gasteiger partial charge >= 0.3 is 6.61 Å². The van der Waals surface area contributed by atoms with Crippen molar-refractivity contribution in [3.05, 3.63) is 65.5 Å². The zero-order valence-corrected chi connectivity index (χ0v) is 13.5. The van der Waals surface area contributed by atoms with Crippen LogP contribution in [0.4, 0.5) is 13.2 Å². The number of hydrogen-bond acceptors (Lipinski definition) is 2. The molecule has 25 heavy (non-hydrogen) atoms. The molecule has 0 spiro atoms. The molecule has 1 aliphatic rings. The highest BCUT2D eigenvalue weighted by molar-refractivity contribution is 5.79. The first-order valence-corrected chi connectivity index (χ1v) is 8.09. The first-order chi connectivity index (χ1) is 12.0. The molecule has 132 valence electrons. The van der Waals surface area contributed by atoms with E-state index in [1.807, 2.05) is 0 Å². The average Bonchev–Trinajstić information content (AvgIpc) is 3.40. The molecule has 0 aliphatic heterocycles. The molecule has 3 rings (SSSR count). The Labute approximate surface area is 144 Å². The van der Waals surface area contributed by atoms with Gasteiger partial charge < -0.3 is 9.64 Å². The van der Waals surface area contributed by atoms with Crippen molar-refractivity contribution in [2.75, 3.05) is 0 Å². The Balaban J connectivity index is 1.66. The van der Waals surface area contributed by atoms with E-state index in [9.17, 15) is 18.0 Å². The Morgan fingerprint density at radius 3 is 2.40 bits per heavy atom. The summed E-state index contributed by atoms with van der Waals surface area (Å²) < 4.78 is 42.5. The lowest BCUT2D eigenvalue weighted by Gasteiger charge is -2.23. The van der Waals surface area contributed by atoms with Crippen molar-refractivity contribution in [3.63, 3.8) is 0 Å². The Morgan fingerprint density at radius 1 is 1.12 bits per heavy atom. The number of ether oxygens (including phenoxy) is 1. The second-order valence-electron chi connectivity index (χ2n) is 6.04. The summed E-state index contributed by atoms with van der Waals surface area (Å²) in [6.45, 7) is -2.64. The second kappa shape index (κ2) is 7.59. The van der Waals surface area contributed by atoms with Crippen LogP contribution in [-0.4, -0.2) is 23.5 Å². The van der Waals surface area contributed by atoms with Crippen LogP contribution in [0.5, 0.6) is 5.75 Å². The van der Waals surface area contributed by atoms with Crippen molar-refractivity contribution >= 4 is 5.91 Å². The van der Waals surface area contributed by atoms with E-state index in [0.717, 1.165) is 12.8 Å². The number of hydrogen-bond donors (Lipinski definition) is 0. The second-order valence-corrected chi connectivity index (χ2v) is 6.04. The zero-order valence-electron chi connectivity index (χ0n) is 13.5. The maximum absolute atomic E-state index is 13.9. The largest absolute Gasteiger partial charge is 0.435 e. The molecule has 3 nitrogen and oxygen atoms in total. The maximum atomic E-state index is 13.9. The van der Waals surface area contributed by atoms with Crippen LogP contribution >= 0.6 is 0 Å². The highest BCUT2D eigenvalue weighted by Crippen LogP contribution is 2.29. The minimum absolute atomic E-state index is 0.0524. The van der Waals surface area contributed by atoms with Gasteiger partial charge in [-0.1, -0.05) is 30.3 Å². The molecule has 0 N–H and O–H groups in total. The van der Waals surface area contributed by atoms with Crippen LogP contribution in [-0.2, 0) is 17.8 Å². The first-order valence-electron chi connectivity index (χ1n) is 8.09. The third kappa shape index (κ3) is 4.75. The van der Waals surface area contributed by atoms with Gasteiger partial charge in [0, 0.05) is 18.2 Å². The Morgan fingerprint density at radius 2 is 1.80 bits per heavy atom. The fourth-order valence-corrected chi connectivity index (χ4v) is 2.68. The topological polar surface area (TPSA) is 29.5 Å². The lowest BCUT2D eigenvalue weighted by molar-refractivity contribution is -0.131. The summed E-state index contributed by atoms with van der Waals surface area (Å²) in [7, 11) is 0. The van der Waals surface area contributed by atoms with Crippen molar-refractivity contribution in [1.82, 2.24) is 4.90 Å². The summed E-state index contributed by atoms with van der Waals surface area (Å²) in [6, 6.07) is 12.6. The molecule has 0 unspecified atom stereocenters. The van der Waals surface area contributed by atoms with Gasteiger partial charge in [-0.15, -0.1) is 0 Å². The van der Waals surface area contributed by atoms with E-state index in [2.05, 4.69) is 4.74 Å². The molecular weight excluding hydrogens is 331 g/mol. The Kier molecular flexibility index (Phi) is 5.26. The average molecular weight is 349 g/mol. The summed E-state index contributed by atoms with van der Waals surface area (Å²) in [5.74, 6) is -0.376. The minimum Gasteiger partial charge on any atom is -0.435 e. The van der Waals surface area contributed by atoms with E-state index in [4.69, 9.17) is 0 Å². The lowest BCUT2D eigenvalue weighted by atomic mass is 10.1. The molecule has 0 saturated heterocycles. The van der Waals surface area contributed by atoms with E-state index in [1.54, 1.807) is 35.2 Å². The van der Waals surface area contributed by atoms with Crippen molar-refractivity contribution in [1.29, 1.82) is 0 Å². The molecule has 0 radical (unpaired) electrons. The van der Waals surface area contributed by atoms with Crippen LogP contribution in [0, 0.1) is 5.82 Å². The third-order valence-corrected chi connectivity index (χ3v) is 4.11. The molecule has 1 fully saturated rings. The van der Waals surface area contributed by atoms with Crippen LogP contribution in [0.25, 0.3) is 0 Å². The quantitative estimate of drug-likeness (QED) is 0.751. The van der Waals surface area contributed by atoms with Gasteiger partial charge in [-0.05, 0) is 36.6 Å². The van der Waals surface area contributed by atoms with E-state index in [1.165, 1.54) is 18.2 Å². The molecule has 0 bridgehead atoms. The molecule has 2 aromatic carbocycles.